The predicted molar refractivity (Wildman–Crippen MR) is 115 cm³/mol. The summed E-state index contributed by atoms with van der Waals surface area (Å²) in [6.45, 7) is 0. The molecule has 10 heteroatoms. The summed E-state index contributed by atoms with van der Waals surface area (Å²) in [5.74, 6) is -0.483. The van der Waals surface area contributed by atoms with Crippen molar-refractivity contribution in [1.29, 1.82) is 0 Å². The number of halogens is 5. The summed E-state index contributed by atoms with van der Waals surface area (Å²) in [7, 11) is 0. The molecular weight excluding hydrogens is 529 g/mol. The number of benzene rings is 2. The van der Waals surface area contributed by atoms with Crippen LogP contribution in [0.1, 0.15) is 34.6 Å². The molecule has 3 aromatic rings. The lowest BCUT2D eigenvalue weighted by atomic mass is 9.97. The van der Waals surface area contributed by atoms with E-state index >= 15 is 0 Å². The van der Waals surface area contributed by atoms with Crippen LogP contribution in [0.3, 0.4) is 0 Å². The van der Waals surface area contributed by atoms with Crippen LogP contribution in [0.5, 0.6) is 0 Å². The van der Waals surface area contributed by atoms with Gasteiger partial charge in [-0.2, -0.15) is 18.3 Å². The molecule has 30 heavy (non-hydrogen) atoms. The smallest absolute Gasteiger partial charge is 0.362 e. The Hall–Kier alpha value is -2.33. The van der Waals surface area contributed by atoms with E-state index < -0.39 is 24.2 Å². The molecule has 0 saturated heterocycles. The summed E-state index contributed by atoms with van der Waals surface area (Å²) in [5.41, 5.74) is 1.11. The average Bonchev–Trinajstić information content (AvgIpc) is 3.05. The van der Waals surface area contributed by atoms with Crippen molar-refractivity contribution in [3.05, 3.63) is 74.8 Å². The number of aromatic nitrogens is 2. The fraction of sp³-hybridized carbons (Fsp3) is 0.200. The first-order valence-corrected chi connectivity index (χ1v) is 10.6. The van der Waals surface area contributed by atoms with E-state index in [0.29, 0.717) is 5.69 Å². The molecule has 5 nitrogen and oxygen atoms in total. The zero-order chi connectivity index (χ0) is 21.5. The molecular formula is C20H15Br2F3N4O. The van der Waals surface area contributed by atoms with Gasteiger partial charge in [-0.15, -0.1) is 0 Å². The second-order valence-electron chi connectivity index (χ2n) is 6.82. The lowest BCUT2D eigenvalue weighted by molar-refractivity contribution is -0.173. The minimum absolute atomic E-state index is 0.122. The number of hydrogen-bond donors (Lipinski definition) is 2. The normalized spacial score (nSPS) is 18.4. The van der Waals surface area contributed by atoms with E-state index in [0.717, 1.165) is 14.7 Å². The number of rotatable bonds is 3. The number of nitrogens with one attached hydrogen (secondary N) is 2. The largest absolute Gasteiger partial charge is 0.410 e. The predicted octanol–water partition coefficient (Wildman–Crippen LogP) is 6.32. The van der Waals surface area contributed by atoms with Gasteiger partial charge in [-0.05, 0) is 45.8 Å². The fourth-order valence-corrected chi connectivity index (χ4v) is 4.18. The molecule has 2 aromatic carbocycles. The molecule has 0 aliphatic carbocycles. The standard InChI is InChI=1S/C20H15Br2F3N4O/c21-12-6-8-13(9-7-12)26-19(30)17-16(22)18-27-14(11-4-2-1-3-5-11)10-15(20(23,24)25)29(18)28-17/h1-9,14-15,27H,10H2,(H,26,30)/t14-,15-/m0/s1. The summed E-state index contributed by atoms with van der Waals surface area (Å²) in [6, 6.07) is 13.3. The molecule has 1 aliphatic rings. The Morgan fingerprint density at radius 3 is 2.40 bits per heavy atom. The Kier molecular flexibility index (Phi) is 5.63. The van der Waals surface area contributed by atoms with Gasteiger partial charge in [0.1, 0.15) is 5.82 Å². The minimum atomic E-state index is -4.52. The van der Waals surface area contributed by atoms with Crippen molar-refractivity contribution >= 4 is 49.3 Å². The number of anilines is 2. The molecule has 1 amide bonds. The highest BCUT2D eigenvalue weighted by Crippen LogP contribution is 2.46. The van der Waals surface area contributed by atoms with E-state index in [1.54, 1.807) is 54.6 Å². The van der Waals surface area contributed by atoms with Gasteiger partial charge in [-0.1, -0.05) is 46.3 Å². The number of hydrogen-bond acceptors (Lipinski definition) is 3. The van der Waals surface area contributed by atoms with Gasteiger partial charge in [-0.25, -0.2) is 4.68 Å². The fourth-order valence-electron chi connectivity index (χ4n) is 3.36. The highest BCUT2D eigenvalue weighted by Gasteiger charge is 2.47. The third-order valence-corrected chi connectivity index (χ3v) is 6.09. The third-order valence-electron chi connectivity index (χ3n) is 4.81. The number of nitrogens with zero attached hydrogens (tertiary/aromatic N) is 2. The molecule has 2 atom stereocenters. The van der Waals surface area contributed by atoms with Gasteiger partial charge in [0.15, 0.2) is 11.7 Å². The number of fused-ring (bicyclic) bond motifs is 1. The lowest BCUT2D eigenvalue weighted by Gasteiger charge is -2.33. The van der Waals surface area contributed by atoms with E-state index in [1.807, 2.05) is 0 Å². The van der Waals surface area contributed by atoms with Gasteiger partial charge < -0.3 is 10.6 Å². The summed E-state index contributed by atoms with van der Waals surface area (Å²) < 4.78 is 43.4. The van der Waals surface area contributed by atoms with Crippen LogP contribution in [0.4, 0.5) is 24.7 Å². The number of amides is 1. The van der Waals surface area contributed by atoms with Crippen LogP contribution in [0.25, 0.3) is 0 Å². The van der Waals surface area contributed by atoms with Crippen molar-refractivity contribution in [2.45, 2.75) is 24.7 Å². The molecule has 2 N–H and O–H groups in total. The molecule has 4 rings (SSSR count). The Bertz CT molecular complexity index is 1070. The topological polar surface area (TPSA) is 59.0 Å². The summed E-state index contributed by atoms with van der Waals surface area (Å²) in [6.07, 6.45) is -4.75. The quantitative estimate of drug-likeness (QED) is 0.406. The third kappa shape index (κ3) is 4.11. The van der Waals surface area contributed by atoms with Crippen LogP contribution < -0.4 is 10.6 Å². The maximum atomic E-state index is 13.8. The van der Waals surface area contributed by atoms with E-state index in [4.69, 9.17) is 0 Å². The van der Waals surface area contributed by atoms with Crippen LogP contribution in [0.15, 0.2) is 63.5 Å². The first-order chi connectivity index (χ1) is 14.2. The van der Waals surface area contributed by atoms with Crippen molar-refractivity contribution in [3.63, 3.8) is 0 Å². The molecule has 1 aromatic heterocycles. The average molecular weight is 544 g/mol. The van der Waals surface area contributed by atoms with Crippen molar-refractivity contribution in [2.24, 2.45) is 0 Å². The molecule has 156 valence electrons. The van der Waals surface area contributed by atoms with Crippen LogP contribution >= 0.6 is 31.9 Å². The molecule has 1 aliphatic heterocycles. The van der Waals surface area contributed by atoms with Crippen molar-refractivity contribution in [2.75, 3.05) is 10.6 Å². The second kappa shape index (κ2) is 8.07. The molecule has 0 spiro atoms. The lowest BCUT2D eigenvalue weighted by Crippen LogP contribution is -2.35. The van der Waals surface area contributed by atoms with Crippen LogP contribution in [-0.2, 0) is 0 Å². The molecule has 0 bridgehead atoms. The molecule has 0 radical (unpaired) electrons. The second-order valence-corrected chi connectivity index (χ2v) is 8.53. The first-order valence-electron chi connectivity index (χ1n) is 8.97. The number of carbonyl (C=O) groups excluding carboxylic acids is 1. The van der Waals surface area contributed by atoms with Gasteiger partial charge in [0.25, 0.3) is 5.91 Å². The van der Waals surface area contributed by atoms with Crippen molar-refractivity contribution < 1.29 is 18.0 Å². The molecule has 0 saturated carbocycles. The zero-order valence-corrected chi connectivity index (χ0v) is 18.4. The van der Waals surface area contributed by atoms with Gasteiger partial charge in [0, 0.05) is 16.6 Å². The Morgan fingerprint density at radius 2 is 1.77 bits per heavy atom. The summed E-state index contributed by atoms with van der Waals surface area (Å²) in [4.78, 5) is 12.7. The van der Waals surface area contributed by atoms with Crippen LogP contribution in [0.2, 0.25) is 0 Å². The maximum absolute atomic E-state index is 13.8. The van der Waals surface area contributed by atoms with Crippen LogP contribution in [0, 0.1) is 0 Å². The van der Waals surface area contributed by atoms with Crippen molar-refractivity contribution in [1.82, 2.24) is 9.78 Å². The number of alkyl halides is 3. The van der Waals surface area contributed by atoms with Gasteiger partial charge in [0.2, 0.25) is 0 Å². The SMILES string of the molecule is O=C(Nc1ccc(Br)cc1)c1nn2c(c1Br)N[C@H](c1ccccc1)C[C@H]2C(F)(F)F. The molecule has 0 fully saturated rings. The Morgan fingerprint density at radius 1 is 1.10 bits per heavy atom. The maximum Gasteiger partial charge on any atom is 0.410 e. The van der Waals surface area contributed by atoms with Gasteiger partial charge in [-0.3, -0.25) is 4.79 Å². The minimum Gasteiger partial charge on any atom is -0.362 e. The molecule has 0 unspecified atom stereocenters. The van der Waals surface area contributed by atoms with E-state index in [2.05, 4.69) is 47.6 Å². The number of carbonyl (C=O) groups is 1. The summed E-state index contributed by atoms with van der Waals surface area (Å²) in [5, 5.41) is 9.76. The van der Waals surface area contributed by atoms with E-state index in [9.17, 15) is 18.0 Å². The summed E-state index contributed by atoms with van der Waals surface area (Å²) >= 11 is 6.58. The van der Waals surface area contributed by atoms with E-state index in [1.165, 1.54) is 0 Å². The highest BCUT2D eigenvalue weighted by atomic mass is 79.9. The Labute approximate surface area is 186 Å². The van der Waals surface area contributed by atoms with Gasteiger partial charge in [0.05, 0.1) is 10.5 Å². The zero-order valence-electron chi connectivity index (χ0n) is 15.3. The van der Waals surface area contributed by atoms with Crippen molar-refractivity contribution in [3.8, 4) is 0 Å². The first kappa shape index (κ1) is 20.9. The van der Waals surface area contributed by atoms with E-state index in [-0.39, 0.29) is 22.4 Å². The van der Waals surface area contributed by atoms with Crippen LogP contribution in [-0.4, -0.2) is 21.9 Å². The van der Waals surface area contributed by atoms with Gasteiger partial charge >= 0.3 is 6.18 Å². The Balaban J connectivity index is 1.69. The monoisotopic (exact) mass is 542 g/mol. The molecule has 2 heterocycles. The highest BCUT2D eigenvalue weighted by molar-refractivity contribution is 9.11.